The molecule has 21 heavy (non-hydrogen) atoms. The second kappa shape index (κ2) is 7.16. The van der Waals surface area contributed by atoms with E-state index in [1.165, 1.54) is 5.56 Å². The molecule has 1 heterocycles. The van der Waals surface area contributed by atoms with E-state index < -0.39 is 0 Å². The van der Waals surface area contributed by atoms with Crippen molar-refractivity contribution in [3.05, 3.63) is 40.7 Å². The van der Waals surface area contributed by atoms with Crippen molar-refractivity contribution in [3.63, 3.8) is 0 Å². The van der Waals surface area contributed by atoms with E-state index in [0.29, 0.717) is 0 Å². The first kappa shape index (κ1) is 16.1. The lowest BCUT2D eigenvalue weighted by Gasteiger charge is -2.35. The summed E-state index contributed by atoms with van der Waals surface area (Å²) in [5.74, 6) is 0. The van der Waals surface area contributed by atoms with Gasteiger partial charge < -0.3 is 10.1 Å². The number of likely N-dealkylation sites (N-methyl/N-ethyl adjacent to an activating group) is 1. The number of hydrogen-bond acceptors (Lipinski definition) is 4. The van der Waals surface area contributed by atoms with Crippen LogP contribution in [-0.4, -0.2) is 30.8 Å². The Morgan fingerprint density at radius 2 is 2.05 bits per heavy atom. The number of rotatable bonds is 7. The van der Waals surface area contributed by atoms with Crippen LogP contribution in [0.15, 0.2) is 35.7 Å². The van der Waals surface area contributed by atoms with Crippen LogP contribution in [-0.2, 0) is 11.2 Å². The lowest BCUT2D eigenvalue weighted by molar-refractivity contribution is -0.0268. The Morgan fingerprint density at radius 3 is 2.62 bits per heavy atom. The van der Waals surface area contributed by atoms with E-state index in [4.69, 9.17) is 9.72 Å². The molecular weight excluding hydrogens is 280 g/mol. The third-order valence-corrected chi connectivity index (χ3v) is 5.13. The molecular formula is C17H24N2OS. The summed E-state index contributed by atoms with van der Waals surface area (Å²) >= 11 is 1.72. The van der Waals surface area contributed by atoms with Crippen molar-refractivity contribution in [3.8, 4) is 11.3 Å². The molecule has 1 N–H and O–H groups in total. The van der Waals surface area contributed by atoms with Crippen LogP contribution in [0.1, 0.15) is 25.3 Å². The summed E-state index contributed by atoms with van der Waals surface area (Å²) in [6, 6.07) is 10.6. The maximum Gasteiger partial charge on any atom is 0.0949 e. The van der Waals surface area contributed by atoms with Gasteiger partial charge in [0.05, 0.1) is 16.3 Å². The van der Waals surface area contributed by atoms with Gasteiger partial charge in [-0.3, -0.25) is 0 Å². The molecule has 0 aliphatic heterocycles. The van der Waals surface area contributed by atoms with Crippen molar-refractivity contribution in [2.45, 2.75) is 38.3 Å². The zero-order valence-corrected chi connectivity index (χ0v) is 14.0. The number of nitrogens with one attached hydrogen (secondary N) is 1. The van der Waals surface area contributed by atoms with Crippen LogP contribution < -0.4 is 5.32 Å². The predicted molar refractivity (Wildman–Crippen MR) is 89.8 cm³/mol. The van der Waals surface area contributed by atoms with E-state index in [-0.39, 0.29) is 11.6 Å². The first-order chi connectivity index (χ1) is 10.1. The number of benzene rings is 1. The number of methoxy groups -OCH3 is 1. The number of ether oxygens (including phenoxy) is 1. The van der Waals surface area contributed by atoms with Gasteiger partial charge in [0.15, 0.2) is 0 Å². The fourth-order valence-corrected chi connectivity index (χ4v) is 3.33. The SMILES string of the molecule is CCC(C)(OC)C(Cc1nc(-c2ccccc2)cs1)NC. The quantitative estimate of drug-likeness (QED) is 0.846. The summed E-state index contributed by atoms with van der Waals surface area (Å²) in [6.07, 6.45) is 1.85. The summed E-state index contributed by atoms with van der Waals surface area (Å²) in [5.41, 5.74) is 2.06. The lowest BCUT2D eigenvalue weighted by atomic mass is 9.91. The van der Waals surface area contributed by atoms with E-state index in [0.717, 1.165) is 23.5 Å². The van der Waals surface area contributed by atoms with Crippen LogP contribution >= 0.6 is 11.3 Å². The van der Waals surface area contributed by atoms with Crippen LogP contribution in [0.3, 0.4) is 0 Å². The van der Waals surface area contributed by atoms with Crippen LogP contribution in [0.25, 0.3) is 11.3 Å². The molecule has 0 spiro atoms. The van der Waals surface area contributed by atoms with Gasteiger partial charge in [0.2, 0.25) is 0 Å². The van der Waals surface area contributed by atoms with E-state index in [2.05, 4.69) is 36.7 Å². The molecule has 0 saturated carbocycles. The van der Waals surface area contributed by atoms with Gasteiger partial charge >= 0.3 is 0 Å². The largest absolute Gasteiger partial charge is 0.377 e. The van der Waals surface area contributed by atoms with Gasteiger partial charge in [0.25, 0.3) is 0 Å². The molecule has 3 nitrogen and oxygen atoms in total. The Bertz CT molecular complexity index is 549. The molecule has 2 unspecified atom stereocenters. The average Bonchev–Trinajstić information content (AvgIpc) is 3.01. The number of thiazole rings is 1. The third-order valence-electron chi connectivity index (χ3n) is 4.25. The normalized spacial score (nSPS) is 15.6. The maximum absolute atomic E-state index is 5.72. The molecule has 0 aliphatic rings. The zero-order chi connectivity index (χ0) is 15.3. The van der Waals surface area contributed by atoms with E-state index in [1.807, 2.05) is 25.2 Å². The number of aromatic nitrogens is 1. The summed E-state index contributed by atoms with van der Waals surface area (Å²) in [4.78, 5) is 4.77. The van der Waals surface area contributed by atoms with Crippen LogP contribution in [0.4, 0.5) is 0 Å². The van der Waals surface area contributed by atoms with Crippen molar-refractivity contribution >= 4 is 11.3 Å². The minimum Gasteiger partial charge on any atom is -0.377 e. The van der Waals surface area contributed by atoms with Crippen molar-refractivity contribution in [2.75, 3.05) is 14.2 Å². The predicted octanol–water partition coefficient (Wildman–Crippen LogP) is 3.76. The molecule has 1 aromatic heterocycles. The van der Waals surface area contributed by atoms with E-state index in [9.17, 15) is 0 Å². The van der Waals surface area contributed by atoms with Crippen molar-refractivity contribution in [2.24, 2.45) is 0 Å². The fraction of sp³-hybridized carbons (Fsp3) is 0.471. The molecule has 0 aliphatic carbocycles. The number of hydrogen-bond donors (Lipinski definition) is 1. The molecule has 2 atom stereocenters. The van der Waals surface area contributed by atoms with E-state index in [1.54, 1.807) is 18.4 Å². The monoisotopic (exact) mass is 304 g/mol. The first-order valence-corrected chi connectivity index (χ1v) is 8.23. The minimum atomic E-state index is -0.173. The standard InChI is InChI=1S/C17H24N2OS/c1-5-17(2,20-4)15(18-3)11-16-19-14(12-21-16)13-9-7-6-8-10-13/h6-10,12,15,18H,5,11H2,1-4H3. The Balaban J connectivity index is 2.15. The molecule has 114 valence electrons. The highest BCUT2D eigenvalue weighted by molar-refractivity contribution is 7.09. The van der Waals surface area contributed by atoms with Gasteiger partial charge in [-0.05, 0) is 20.4 Å². The van der Waals surface area contributed by atoms with Gasteiger partial charge in [0, 0.05) is 30.5 Å². The van der Waals surface area contributed by atoms with Gasteiger partial charge in [-0.1, -0.05) is 37.3 Å². The first-order valence-electron chi connectivity index (χ1n) is 7.35. The fourth-order valence-electron chi connectivity index (χ4n) is 2.48. The second-order valence-electron chi connectivity index (χ2n) is 5.41. The topological polar surface area (TPSA) is 34.1 Å². The summed E-state index contributed by atoms with van der Waals surface area (Å²) in [7, 11) is 3.77. The average molecular weight is 304 g/mol. The highest BCUT2D eigenvalue weighted by atomic mass is 32.1. The molecule has 0 saturated heterocycles. The smallest absolute Gasteiger partial charge is 0.0949 e. The Kier molecular flexibility index (Phi) is 5.51. The number of nitrogens with zero attached hydrogens (tertiary/aromatic N) is 1. The van der Waals surface area contributed by atoms with Crippen LogP contribution in [0.2, 0.25) is 0 Å². The summed E-state index contributed by atoms with van der Waals surface area (Å²) in [5, 5.41) is 6.66. The lowest BCUT2D eigenvalue weighted by Crippen LogP contribution is -2.49. The van der Waals surface area contributed by atoms with Crippen molar-refractivity contribution in [1.82, 2.24) is 10.3 Å². The second-order valence-corrected chi connectivity index (χ2v) is 6.35. The molecule has 0 fully saturated rings. The van der Waals surface area contributed by atoms with Gasteiger partial charge in [-0.15, -0.1) is 11.3 Å². The van der Waals surface area contributed by atoms with Gasteiger partial charge in [0.1, 0.15) is 0 Å². The highest BCUT2D eigenvalue weighted by Gasteiger charge is 2.32. The zero-order valence-electron chi connectivity index (χ0n) is 13.2. The van der Waals surface area contributed by atoms with E-state index >= 15 is 0 Å². The molecule has 0 bridgehead atoms. The Labute approximate surface area is 131 Å². The molecule has 2 aromatic rings. The van der Waals surface area contributed by atoms with Gasteiger partial charge in [-0.25, -0.2) is 4.98 Å². The summed E-state index contributed by atoms with van der Waals surface area (Å²) < 4.78 is 5.72. The van der Waals surface area contributed by atoms with Crippen LogP contribution in [0, 0.1) is 0 Å². The molecule has 4 heteroatoms. The van der Waals surface area contributed by atoms with Gasteiger partial charge in [-0.2, -0.15) is 0 Å². The Hall–Kier alpha value is -1.23. The maximum atomic E-state index is 5.72. The minimum absolute atomic E-state index is 0.173. The molecule has 0 radical (unpaired) electrons. The third kappa shape index (κ3) is 3.70. The Morgan fingerprint density at radius 1 is 1.33 bits per heavy atom. The molecule has 2 rings (SSSR count). The van der Waals surface area contributed by atoms with Crippen LogP contribution in [0.5, 0.6) is 0 Å². The molecule has 0 amide bonds. The van der Waals surface area contributed by atoms with Crippen molar-refractivity contribution in [1.29, 1.82) is 0 Å². The molecule has 1 aromatic carbocycles. The highest BCUT2D eigenvalue weighted by Crippen LogP contribution is 2.26. The van der Waals surface area contributed by atoms with Crippen molar-refractivity contribution < 1.29 is 4.74 Å². The summed E-state index contributed by atoms with van der Waals surface area (Å²) in [6.45, 7) is 4.31.